The first-order chi connectivity index (χ1) is 9.58. The standard InChI is InChI=1S/C14H26N2O4/c1-3-4-7-12(13(17)18)15-14(19)16-8-5-6-11(9-16)10-20-2/h11-12H,3-10H2,1-2H3,(H,15,19)(H,17,18)/t11?,12-/m0/s1. The number of nitrogens with zero attached hydrogens (tertiary/aromatic N) is 1. The number of aliphatic carboxylic acids is 1. The van der Waals surface area contributed by atoms with Gasteiger partial charge in [-0.15, -0.1) is 0 Å². The van der Waals surface area contributed by atoms with E-state index in [0.717, 1.165) is 25.7 Å². The highest BCUT2D eigenvalue weighted by molar-refractivity contribution is 5.82. The van der Waals surface area contributed by atoms with Gasteiger partial charge in [0.25, 0.3) is 0 Å². The maximum atomic E-state index is 12.1. The maximum absolute atomic E-state index is 12.1. The van der Waals surface area contributed by atoms with Gasteiger partial charge in [0.15, 0.2) is 0 Å². The van der Waals surface area contributed by atoms with E-state index in [1.54, 1.807) is 12.0 Å². The quantitative estimate of drug-likeness (QED) is 0.746. The van der Waals surface area contributed by atoms with Crippen LogP contribution in [0, 0.1) is 5.92 Å². The molecule has 1 aliphatic rings. The van der Waals surface area contributed by atoms with Crippen LogP contribution in [0.5, 0.6) is 0 Å². The summed E-state index contributed by atoms with van der Waals surface area (Å²) >= 11 is 0. The molecule has 2 atom stereocenters. The van der Waals surface area contributed by atoms with E-state index in [1.807, 2.05) is 6.92 Å². The number of unbranched alkanes of at least 4 members (excludes halogenated alkanes) is 1. The van der Waals surface area contributed by atoms with Crippen LogP contribution in [0.1, 0.15) is 39.0 Å². The molecule has 1 saturated heterocycles. The number of ether oxygens (including phenoxy) is 1. The number of nitrogens with one attached hydrogen (secondary N) is 1. The molecule has 0 spiro atoms. The molecule has 6 heteroatoms. The van der Waals surface area contributed by atoms with E-state index in [4.69, 9.17) is 9.84 Å². The molecule has 2 amide bonds. The smallest absolute Gasteiger partial charge is 0.326 e. The van der Waals surface area contributed by atoms with Gasteiger partial charge in [0.05, 0.1) is 6.61 Å². The Morgan fingerprint density at radius 2 is 2.25 bits per heavy atom. The molecule has 1 fully saturated rings. The Balaban J connectivity index is 2.48. The highest BCUT2D eigenvalue weighted by atomic mass is 16.5. The molecule has 20 heavy (non-hydrogen) atoms. The second-order valence-electron chi connectivity index (χ2n) is 5.39. The third kappa shape index (κ3) is 5.36. The van der Waals surface area contributed by atoms with Crippen molar-refractivity contribution >= 4 is 12.0 Å². The van der Waals surface area contributed by atoms with Crippen molar-refractivity contribution in [2.75, 3.05) is 26.8 Å². The predicted octanol–water partition coefficient (Wildman–Crippen LogP) is 1.70. The number of hydrogen-bond acceptors (Lipinski definition) is 3. The fourth-order valence-corrected chi connectivity index (χ4v) is 2.53. The van der Waals surface area contributed by atoms with E-state index in [0.29, 0.717) is 32.0 Å². The van der Waals surface area contributed by atoms with Gasteiger partial charge in [-0.25, -0.2) is 9.59 Å². The number of hydrogen-bond donors (Lipinski definition) is 2. The van der Waals surface area contributed by atoms with Gasteiger partial charge in [-0.1, -0.05) is 19.8 Å². The van der Waals surface area contributed by atoms with E-state index in [1.165, 1.54) is 0 Å². The Morgan fingerprint density at radius 3 is 2.85 bits per heavy atom. The summed E-state index contributed by atoms with van der Waals surface area (Å²) in [4.78, 5) is 25.0. The number of amides is 2. The zero-order valence-corrected chi connectivity index (χ0v) is 12.4. The summed E-state index contributed by atoms with van der Waals surface area (Å²) < 4.78 is 5.13. The van der Waals surface area contributed by atoms with Crippen molar-refractivity contribution in [3.8, 4) is 0 Å². The first-order valence-electron chi connectivity index (χ1n) is 7.35. The van der Waals surface area contributed by atoms with E-state index < -0.39 is 12.0 Å². The Bertz CT molecular complexity index is 320. The molecular formula is C14H26N2O4. The SMILES string of the molecule is CCCC[C@H](NC(=O)N1CCCC(COC)C1)C(=O)O. The zero-order valence-electron chi connectivity index (χ0n) is 12.4. The molecule has 1 aliphatic heterocycles. The Labute approximate surface area is 120 Å². The summed E-state index contributed by atoms with van der Waals surface area (Å²) in [5, 5.41) is 11.8. The first-order valence-corrected chi connectivity index (χ1v) is 7.35. The van der Waals surface area contributed by atoms with Crippen molar-refractivity contribution in [3.63, 3.8) is 0 Å². The molecular weight excluding hydrogens is 260 g/mol. The van der Waals surface area contributed by atoms with E-state index in [2.05, 4.69) is 5.32 Å². The molecule has 2 N–H and O–H groups in total. The van der Waals surface area contributed by atoms with E-state index >= 15 is 0 Å². The summed E-state index contributed by atoms with van der Waals surface area (Å²) in [6, 6.07) is -1.06. The highest BCUT2D eigenvalue weighted by Gasteiger charge is 2.26. The van der Waals surface area contributed by atoms with Crippen LogP contribution in [-0.2, 0) is 9.53 Å². The number of carboxylic acids is 1. The second kappa shape index (κ2) is 8.79. The lowest BCUT2D eigenvalue weighted by molar-refractivity contribution is -0.139. The van der Waals surface area contributed by atoms with Gasteiger partial charge in [-0.3, -0.25) is 0 Å². The van der Waals surface area contributed by atoms with Crippen LogP contribution in [0.3, 0.4) is 0 Å². The summed E-state index contributed by atoms with van der Waals surface area (Å²) in [7, 11) is 1.66. The number of rotatable bonds is 7. The fraction of sp³-hybridized carbons (Fsp3) is 0.857. The first kappa shape index (κ1) is 16.8. The van der Waals surface area contributed by atoms with Crippen LogP contribution in [0.25, 0.3) is 0 Å². The molecule has 1 rings (SSSR count). The minimum Gasteiger partial charge on any atom is -0.480 e. The van der Waals surface area contributed by atoms with Crippen molar-refractivity contribution in [1.29, 1.82) is 0 Å². The average Bonchev–Trinajstić information content (AvgIpc) is 2.43. The summed E-state index contributed by atoms with van der Waals surface area (Å²) in [5.74, 6) is -0.615. The predicted molar refractivity (Wildman–Crippen MR) is 75.7 cm³/mol. The zero-order chi connectivity index (χ0) is 15.0. The lowest BCUT2D eigenvalue weighted by Crippen LogP contribution is -2.51. The summed E-state index contributed by atoms with van der Waals surface area (Å²) in [6.45, 7) is 3.97. The van der Waals surface area contributed by atoms with Crippen LogP contribution < -0.4 is 5.32 Å². The Morgan fingerprint density at radius 1 is 1.50 bits per heavy atom. The van der Waals surface area contributed by atoms with Gasteiger partial charge in [0, 0.05) is 26.1 Å². The normalized spacial score (nSPS) is 20.5. The maximum Gasteiger partial charge on any atom is 0.326 e. The molecule has 1 heterocycles. The number of carboxylic acid groups (broad SMARTS) is 1. The minimum atomic E-state index is -0.961. The number of methoxy groups -OCH3 is 1. The molecule has 1 unspecified atom stereocenters. The van der Waals surface area contributed by atoms with E-state index in [9.17, 15) is 9.59 Å². The lowest BCUT2D eigenvalue weighted by Gasteiger charge is -2.33. The van der Waals surface area contributed by atoms with Gasteiger partial charge in [0.1, 0.15) is 6.04 Å². The molecule has 0 aromatic heterocycles. The van der Waals surface area contributed by atoms with Crippen molar-refractivity contribution in [3.05, 3.63) is 0 Å². The minimum absolute atomic E-state index is 0.269. The van der Waals surface area contributed by atoms with Crippen LogP contribution in [-0.4, -0.2) is 54.9 Å². The monoisotopic (exact) mass is 286 g/mol. The van der Waals surface area contributed by atoms with Crippen LogP contribution in [0.2, 0.25) is 0 Å². The number of piperidine rings is 1. The molecule has 6 nitrogen and oxygen atoms in total. The van der Waals surface area contributed by atoms with Gasteiger partial charge in [-0.05, 0) is 19.3 Å². The van der Waals surface area contributed by atoms with Crippen LogP contribution >= 0.6 is 0 Å². The van der Waals surface area contributed by atoms with Gasteiger partial charge in [0.2, 0.25) is 0 Å². The molecule has 0 aromatic rings. The fourth-order valence-electron chi connectivity index (χ4n) is 2.53. The van der Waals surface area contributed by atoms with Crippen LogP contribution in [0.15, 0.2) is 0 Å². The topological polar surface area (TPSA) is 78.9 Å². The third-order valence-electron chi connectivity index (χ3n) is 3.65. The third-order valence-corrected chi connectivity index (χ3v) is 3.65. The van der Waals surface area contributed by atoms with Crippen molar-refractivity contribution in [2.45, 2.75) is 45.1 Å². The Kier molecular flexibility index (Phi) is 7.36. The van der Waals surface area contributed by atoms with Gasteiger partial charge >= 0.3 is 12.0 Å². The Hall–Kier alpha value is -1.30. The number of likely N-dealkylation sites (tertiary alicyclic amines) is 1. The molecule has 0 saturated carbocycles. The van der Waals surface area contributed by atoms with E-state index in [-0.39, 0.29) is 6.03 Å². The molecule has 116 valence electrons. The molecule has 0 bridgehead atoms. The number of carbonyl (C=O) groups is 2. The summed E-state index contributed by atoms with van der Waals surface area (Å²) in [6.07, 6.45) is 4.18. The van der Waals surface area contributed by atoms with Crippen molar-refractivity contribution in [1.82, 2.24) is 10.2 Å². The molecule has 0 aliphatic carbocycles. The van der Waals surface area contributed by atoms with Gasteiger partial charge in [-0.2, -0.15) is 0 Å². The van der Waals surface area contributed by atoms with Crippen LogP contribution in [0.4, 0.5) is 4.79 Å². The lowest BCUT2D eigenvalue weighted by atomic mass is 9.99. The molecule has 0 radical (unpaired) electrons. The van der Waals surface area contributed by atoms with Crippen molar-refractivity contribution < 1.29 is 19.4 Å². The average molecular weight is 286 g/mol. The molecule has 0 aromatic carbocycles. The largest absolute Gasteiger partial charge is 0.480 e. The number of urea groups is 1. The summed E-state index contributed by atoms with van der Waals surface area (Å²) in [5.41, 5.74) is 0. The number of carbonyl (C=O) groups excluding carboxylic acids is 1. The second-order valence-corrected chi connectivity index (χ2v) is 5.39. The highest BCUT2D eigenvalue weighted by Crippen LogP contribution is 2.17. The van der Waals surface area contributed by atoms with Gasteiger partial charge < -0.3 is 20.1 Å². The van der Waals surface area contributed by atoms with Crippen molar-refractivity contribution in [2.24, 2.45) is 5.92 Å².